The van der Waals surface area contributed by atoms with Crippen LogP contribution in [0.4, 0.5) is 5.69 Å². The molecule has 2 heterocycles. The SMILES string of the molecule is O=C1CN(CC(=O)N2CCN(CCO)CC2)c2cc(Cl)ccc2O1. The largest absolute Gasteiger partial charge is 0.423 e. The zero-order valence-corrected chi connectivity index (χ0v) is 14.0. The normalized spacial score (nSPS) is 18.3. The average molecular weight is 354 g/mol. The van der Waals surface area contributed by atoms with Crippen molar-refractivity contribution in [3.63, 3.8) is 0 Å². The van der Waals surface area contributed by atoms with Gasteiger partial charge in [0.15, 0.2) is 5.75 Å². The van der Waals surface area contributed by atoms with Crippen molar-refractivity contribution in [1.29, 1.82) is 0 Å². The topological polar surface area (TPSA) is 73.3 Å². The van der Waals surface area contributed by atoms with Gasteiger partial charge in [0.05, 0.1) is 18.8 Å². The molecular formula is C16H20ClN3O4. The maximum atomic E-state index is 12.6. The molecule has 1 N–H and O–H groups in total. The number of aliphatic hydroxyl groups is 1. The number of fused-ring (bicyclic) bond motifs is 1. The van der Waals surface area contributed by atoms with Crippen molar-refractivity contribution in [1.82, 2.24) is 9.80 Å². The summed E-state index contributed by atoms with van der Waals surface area (Å²) in [4.78, 5) is 29.9. The van der Waals surface area contributed by atoms with Gasteiger partial charge in [-0.15, -0.1) is 0 Å². The van der Waals surface area contributed by atoms with Crippen molar-refractivity contribution in [3.05, 3.63) is 23.2 Å². The van der Waals surface area contributed by atoms with Gasteiger partial charge < -0.3 is 19.6 Å². The fourth-order valence-electron chi connectivity index (χ4n) is 2.99. The summed E-state index contributed by atoms with van der Waals surface area (Å²) in [7, 11) is 0. The van der Waals surface area contributed by atoms with Gasteiger partial charge in [0.2, 0.25) is 5.91 Å². The first-order valence-electron chi connectivity index (χ1n) is 7.93. The summed E-state index contributed by atoms with van der Waals surface area (Å²) in [5.41, 5.74) is 0.661. The van der Waals surface area contributed by atoms with E-state index in [-0.39, 0.29) is 31.6 Å². The molecule has 0 bridgehead atoms. The zero-order valence-electron chi connectivity index (χ0n) is 13.3. The predicted molar refractivity (Wildman–Crippen MR) is 89.4 cm³/mol. The van der Waals surface area contributed by atoms with Crippen LogP contribution in [-0.4, -0.2) is 79.2 Å². The lowest BCUT2D eigenvalue weighted by Crippen LogP contribution is -2.52. The monoisotopic (exact) mass is 353 g/mol. The van der Waals surface area contributed by atoms with Gasteiger partial charge in [0.1, 0.15) is 6.54 Å². The van der Waals surface area contributed by atoms with Gasteiger partial charge >= 0.3 is 5.97 Å². The fraction of sp³-hybridized carbons (Fsp3) is 0.500. The number of piperazine rings is 1. The number of ether oxygens (including phenoxy) is 1. The third-order valence-electron chi connectivity index (χ3n) is 4.27. The number of anilines is 1. The third-order valence-corrected chi connectivity index (χ3v) is 4.51. The van der Waals surface area contributed by atoms with Gasteiger partial charge in [0.25, 0.3) is 0 Å². The molecule has 0 radical (unpaired) electrons. The number of esters is 1. The van der Waals surface area contributed by atoms with E-state index in [9.17, 15) is 9.59 Å². The molecule has 24 heavy (non-hydrogen) atoms. The number of nitrogens with zero attached hydrogens (tertiary/aromatic N) is 3. The number of rotatable bonds is 4. The van der Waals surface area contributed by atoms with E-state index < -0.39 is 0 Å². The maximum Gasteiger partial charge on any atom is 0.331 e. The molecule has 1 saturated heterocycles. The number of β-amino-alcohol motifs (C(OH)–C–C–N with tert-alkyl or cyclic N) is 1. The van der Waals surface area contributed by atoms with Crippen molar-refractivity contribution in [3.8, 4) is 5.75 Å². The highest BCUT2D eigenvalue weighted by Gasteiger charge is 2.28. The molecule has 7 nitrogen and oxygen atoms in total. The Kier molecular flexibility index (Phi) is 5.23. The second kappa shape index (κ2) is 7.38. The summed E-state index contributed by atoms with van der Waals surface area (Å²) < 4.78 is 5.19. The summed E-state index contributed by atoms with van der Waals surface area (Å²) in [5.74, 6) is 0.0147. The zero-order chi connectivity index (χ0) is 17.1. The number of hydrogen-bond donors (Lipinski definition) is 1. The van der Waals surface area contributed by atoms with Crippen LogP contribution in [0.1, 0.15) is 0 Å². The Labute approximate surface area is 145 Å². The quantitative estimate of drug-likeness (QED) is 0.616. The number of halogens is 1. The molecule has 1 aromatic rings. The van der Waals surface area contributed by atoms with E-state index in [2.05, 4.69) is 4.90 Å². The Morgan fingerprint density at radius 3 is 2.71 bits per heavy atom. The van der Waals surface area contributed by atoms with Crippen LogP contribution in [0.15, 0.2) is 18.2 Å². The number of aliphatic hydroxyl groups excluding tert-OH is 1. The van der Waals surface area contributed by atoms with Crippen molar-refractivity contribution < 1.29 is 19.4 Å². The van der Waals surface area contributed by atoms with Crippen molar-refractivity contribution >= 4 is 29.2 Å². The van der Waals surface area contributed by atoms with E-state index in [1.165, 1.54) is 0 Å². The molecule has 1 fully saturated rings. The summed E-state index contributed by atoms with van der Waals surface area (Å²) in [6.07, 6.45) is 0. The second-order valence-corrected chi connectivity index (χ2v) is 6.32. The lowest BCUT2D eigenvalue weighted by Gasteiger charge is -2.36. The van der Waals surface area contributed by atoms with Crippen LogP contribution in [0.5, 0.6) is 5.75 Å². The molecule has 8 heteroatoms. The summed E-state index contributed by atoms with van der Waals surface area (Å²) in [6.45, 7) is 3.64. The smallest absolute Gasteiger partial charge is 0.331 e. The Morgan fingerprint density at radius 1 is 1.25 bits per heavy atom. The third kappa shape index (κ3) is 3.80. The lowest BCUT2D eigenvalue weighted by molar-refractivity contribution is -0.134. The molecule has 3 rings (SSSR count). The fourth-order valence-corrected chi connectivity index (χ4v) is 3.15. The van der Waals surface area contributed by atoms with Gasteiger partial charge in [0, 0.05) is 37.7 Å². The molecule has 1 aromatic carbocycles. The van der Waals surface area contributed by atoms with Gasteiger partial charge in [-0.2, -0.15) is 0 Å². The molecule has 2 aliphatic heterocycles. The molecule has 0 unspecified atom stereocenters. The summed E-state index contributed by atoms with van der Waals surface area (Å²) in [5, 5.41) is 9.50. The molecule has 130 valence electrons. The van der Waals surface area contributed by atoms with E-state index >= 15 is 0 Å². The van der Waals surface area contributed by atoms with E-state index in [1.54, 1.807) is 28.0 Å². The Balaban J connectivity index is 1.65. The molecule has 2 aliphatic rings. The minimum absolute atomic E-state index is 0.0285. The van der Waals surface area contributed by atoms with Crippen molar-refractivity contribution in [2.75, 3.05) is 57.3 Å². The van der Waals surface area contributed by atoms with Crippen LogP contribution < -0.4 is 9.64 Å². The van der Waals surface area contributed by atoms with Crippen LogP contribution in [0.3, 0.4) is 0 Å². The van der Waals surface area contributed by atoms with Gasteiger partial charge in [-0.05, 0) is 18.2 Å². The minimum atomic E-state index is -0.384. The van der Waals surface area contributed by atoms with Crippen molar-refractivity contribution in [2.45, 2.75) is 0 Å². The Morgan fingerprint density at radius 2 is 2.00 bits per heavy atom. The molecule has 0 spiro atoms. The molecule has 0 aromatic heterocycles. The minimum Gasteiger partial charge on any atom is -0.423 e. The van der Waals surface area contributed by atoms with Crippen LogP contribution in [0.25, 0.3) is 0 Å². The summed E-state index contributed by atoms with van der Waals surface area (Å²) in [6, 6.07) is 5.00. The first-order chi connectivity index (χ1) is 11.6. The number of hydrogen-bond acceptors (Lipinski definition) is 6. The lowest BCUT2D eigenvalue weighted by atomic mass is 10.2. The van der Waals surface area contributed by atoms with Crippen LogP contribution >= 0.6 is 11.6 Å². The molecule has 0 aliphatic carbocycles. The molecular weight excluding hydrogens is 334 g/mol. The highest BCUT2D eigenvalue weighted by molar-refractivity contribution is 6.31. The predicted octanol–water partition coefficient (Wildman–Crippen LogP) is 0.202. The summed E-state index contributed by atoms with van der Waals surface area (Å²) >= 11 is 6.02. The first kappa shape index (κ1) is 17.0. The van der Waals surface area contributed by atoms with Crippen LogP contribution in [-0.2, 0) is 9.59 Å². The molecule has 1 amide bonds. The number of carbonyl (C=O) groups is 2. The van der Waals surface area contributed by atoms with Gasteiger partial charge in [-0.25, -0.2) is 4.79 Å². The van der Waals surface area contributed by atoms with Crippen LogP contribution in [0, 0.1) is 0 Å². The number of carbonyl (C=O) groups excluding carboxylic acids is 2. The van der Waals surface area contributed by atoms with E-state index in [0.717, 1.165) is 13.1 Å². The average Bonchev–Trinajstić information content (AvgIpc) is 2.56. The molecule has 0 saturated carbocycles. The number of amides is 1. The Bertz CT molecular complexity index is 632. The van der Waals surface area contributed by atoms with Gasteiger partial charge in [-0.1, -0.05) is 11.6 Å². The van der Waals surface area contributed by atoms with Crippen LogP contribution in [0.2, 0.25) is 5.02 Å². The van der Waals surface area contributed by atoms with E-state index in [1.807, 2.05) is 0 Å². The molecule has 0 atom stereocenters. The van der Waals surface area contributed by atoms with E-state index in [4.69, 9.17) is 21.4 Å². The first-order valence-corrected chi connectivity index (χ1v) is 8.31. The standard InChI is InChI=1S/C16H20ClN3O4/c17-12-1-2-14-13(9-12)20(11-16(23)24-14)10-15(22)19-5-3-18(4-6-19)7-8-21/h1-2,9,21H,3-8,10-11H2. The maximum absolute atomic E-state index is 12.6. The van der Waals surface area contributed by atoms with E-state index in [0.29, 0.717) is 36.1 Å². The van der Waals surface area contributed by atoms with Crippen molar-refractivity contribution in [2.24, 2.45) is 0 Å². The Hall–Kier alpha value is -1.83. The highest BCUT2D eigenvalue weighted by atomic mass is 35.5. The number of benzene rings is 1. The second-order valence-electron chi connectivity index (χ2n) is 5.89. The highest BCUT2D eigenvalue weighted by Crippen LogP contribution is 2.34. The van der Waals surface area contributed by atoms with Gasteiger partial charge in [-0.3, -0.25) is 9.69 Å².